The number of thiophene rings is 1. The summed E-state index contributed by atoms with van der Waals surface area (Å²) in [5, 5.41) is 5.37. The van der Waals surface area contributed by atoms with E-state index in [-0.39, 0.29) is 11.3 Å². The average Bonchev–Trinajstić information content (AvgIpc) is 2.99. The van der Waals surface area contributed by atoms with Crippen molar-refractivity contribution in [3.8, 4) is 0 Å². The molecule has 2 nitrogen and oxygen atoms in total. The minimum Gasteiger partial charge on any atom is -0.351 e. The minimum absolute atomic E-state index is 0.0838. The molecule has 1 fully saturated rings. The van der Waals surface area contributed by atoms with E-state index in [0.717, 1.165) is 18.4 Å². The van der Waals surface area contributed by atoms with E-state index in [1.807, 2.05) is 12.3 Å². The van der Waals surface area contributed by atoms with Crippen LogP contribution in [0.3, 0.4) is 0 Å². The van der Waals surface area contributed by atoms with Gasteiger partial charge in [-0.2, -0.15) is 0 Å². The quantitative estimate of drug-likeness (QED) is 0.840. The lowest BCUT2D eigenvalue weighted by atomic mass is 10.1. The van der Waals surface area contributed by atoms with Gasteiger partial charge in [-0.25, -0.2) is 0 Å². The largest absolute Gasteiger partial charge is 0.351 e. The Balaban J connectivity index is 1.96. The van der Waals surface area contributed by atoms with Crippen molar-refractivity contribution in [1.29, 1.82) is 0 Å². The second-order valence-corrected chi connectivity index (χ2v) is 5.90. The lowest BCUT2D eigenvalue weighted by Crippen LogP contribution is -2.30. The Morgan fingerprint density at radius 1 is 1.62 bits per heavy atom. The molecule has 0 saturated heterocycles. The van der Waals surface area contributed by atoms with Crippen molar-refractivity contribution >= 4 is 40.4 Å². The molecule has 1 aromatic heterocycles. The number of hydrogen-bond donors (Lipinski definition) is 1. The molecule has 1 amide bonds. The van der Waals surface area contributed by atoms with Gasteiger partial charge in [-0.15, -0.1) is 22.9 Å². The van der Waals surface area contributed by atoms with E-state index < -0.39 is 0 Å². The molecule has 16 heavy (non-hydrogen) atoms. The smallest absolute Gasteiger partial charge is 0.262 e. The number of rotatable bonds is 4. The number of carbonyl (C=O) groups excluding carboxylic acids is 1. The summed E-state index contributed by atoms with van der Waals surface area (Å²) in [6, 6.07) is 0. The lowest BCUT2D eigenvalue weighted by Gasteiger charge is -2.11. The normalized spacial score (nSPS) is 17.2. The van der Waals surface area contributed by atoms with Crippen molar-refractivity contribution in [2.45, 2.75) is 19.8 Å². The zero-order valence-electron chi connectivity index (χ0n) is 8.98. The van der Waals surface area contributed by atoms with Gasteiger partial charge in [-0.1, -0.05) is 11.6 Å². The van der Waals surface area contributed by atoms with Gasteiger partial charge in [0.2, 0.25) is 0 Å². The molecule has 0 unspecified atom stereocenters. The Hall–Kier alpha value is -0.250. The van der Waals surface area contributed by atoms with Crippen LogP contribution in [0.4, 0.5) is 0 Å². The zero-order chi connectivity index (χ0) is 11.8. The third-order valence-electron chi connectivity index (χ3n) is 2.97. The third kappa shape index (κ3) is 2.36. The summed E-state index contributed by atoms with van der Waals surface area (Å²) < 4.78 is 0. The highest BCUT2D eigenvalue weighted by molar-refractivity contribution is 7.13. The van der Waals surface area contributed by atoms with Crippen LogP contribution < -0.4 is 5.32 Å². The zero-order valence-corrected chi connectivity index (χ0v) is 11.3. The molecule has 88 valence electrons. The highest BCUT2D eigenvalue weighted by Gasteiger charge is 2.41. The van der Waals surface area contributed by atoms with Crippen LogP contribution >= 0.6 is 34.5 Å². The fraction of sp³-hybridized carbons (Fsp3) is 0.545. The molecule has 0 aromatic carbocycles. The number of aryl methyl sites for hydroxylation is 1. The first-order chi connectivity index (χ1) is 7.58. The Labute approximate surface area is 109 Å². The van der Waals surface area contributed by atoms with Crippen molar-refractivity contribution in [3.63, 3.8) is 0 Å². The fourth-order valence-corrected chi connectivity index (χ4v) is 3.02. The average molecular weight is 278 g/mol. The molecule has 5 heteroatoms. The van der Waals surface area contributed by atoms with Crippen molar-refractivity contribution < 1.29 is 4.79 Å². The molecule has 0 atom stereocenters. The van der Waals surface area contributed by atoms with Crippen LogP contribution in [0.2, 0.25) is 5.02 Å². The SMILES string of the molecule is Cc1csc(C(=O)NCC2(CCl)CC2)c1Cl. The van der Waals surface area contributed by atoms with Crippen LogP contribution in [-0.2, 0) is 0 Å². The van der Waals surface area contributed by atoms with Crippen LogP contribution in [0.25, 0.3) is 0 Å². The van der Waals surface area contributed by atoms with E-state index in [0.29, 0.717) is 22.3 Å². The highest BCUT2D eigenvalue weighted by atomic mass is 35.5. The van der Waals surface area contributed by atoms with Crippen molar-refractivity contribution in [2.24, 2.45) is 5.41 Å². The van der Waals surface area contributed by atoms with E-state index in [1.54, 1.807) is 0 Å². The molecule has 0 bridgehead atoms. The molecule has 1 aromatic rings. The molecule has 1 saturated carbocycles. The van der Waals surface area contributed by atoms with Gasteiger partial charge in [-0.3, -0.25) is 4.79 Å². The van der Waals surface area contributed by atoms with E-state index in [2.05, 4.69) is 5.32 Å². The first-order valence-corrected chi connectivity index (χ1v) is 6.95. The van der Waals surface area contributed by atoms with Gasteiger partial charge in [0.15, 0.2) is 0 Å². The summed E-state index contributed by atoms with van der Waals surface area (Å²) in [4.78, 5) is 12.4. The second-order valence-electron chi connectivity index (χ2n) is 4.38. The number of nitrogens with one attached hydrogen (secondary N) is 1. The first kappa shape index (κ1) is 12.2. The highest BCUT2D eigenvalue weighted by Crippen LogP contribution is 2.45. The number of halogens is 2. The molecule has 1 N–H and O–H groups in total. The maximum atomic E-state index is 11.8. The summed E-state index contributed by atoms with van der Waals surface area (Å²) in [6.45, 7) is 2.55. The van der Waals surface area contributed by atoms with Gasteiger partial charge in [0.25, 0.3) is 5.91 Å². The number of hydrogen-bond acceptors (Lipinski definition) is 2. The van der Waals surface area contributed by atoms with Crippen LogP contribution in [-0.4, -0.2) is 18.3 Å². The maximum Gasteiger partial charge on any atom is 0.262 e. The van der Waals surface area contributed by atoms with Gasteiger partial charge >= 0.3 is 0 Å². The number of carbonyl (C=O) groups is 1. The van der Waals surface area contributed by atoms with Gasteiger partial charge in [0.05, 0.1) is 5.02 Å². The summed E-state index contributed by atoms with van der Waals surface area (Å²) in [5.41, 5.74) is 1.10. The Kier molecular flexibility index (Phi) is 3.48. The summed E-state index contributed by atoms with van der Waals surface area (Å²) in [7, 11) is 0. The van der Waals surface area contributed by atoms with Crippen LogP contribution in [0, 0.1) is 12.3 Å². The fourth-order valence-electron chi connectivity index (χ4n) is 1.47. The summed E-state index contributed by atoms with van der Waals surface area (Å²) in [6.07, 6.45) is 2.21. The Morgan fingerprint density at radius 3 is 2.75 bits per heavy atom. The first-order valence-electron chi connectivity index (χ1n) is 5.16. The van der Waals surface area contributed by atoms with Crippen LogP contribution in [0.5, 0.6) is 0 Å². The van der Waals surface area contributed by atoms with Crippen LogP contribution in [0.15, 0.2) is 5.38 Å². The van der Waals surface area contributed by atoms with Crippen molar-refractivity contribution in [1.82, 2.24) is 5.32 Å². The second kappa shape index (κ2) is 4.55. The summed E-state index contributed by atoms with van der Waals surface area (Å²) >= 11 is 13.3. The molecule has 2 rings (SSSR count). The molecule has 0 aliphatic heterocycles. The number of alkyl halides is 1. The predicted molar refractivity (Wildman–Crippen MR) is 68.8 cm³/mol. The molecule has 1 aliphatic carbocycles. The van der Waals surface area contributed by atoms with Crippen LogP contribution in [0.1, 0.15) is 28.1 Å². The van der Waals surface area contributed by atoms with E-state index in [4.69, 9.17) is 23.2 Å². The van der Waals surface area contributed by atoms with Gasteiger partial charge < -0.3 is 5.32 Å². The molecule has 1 aliphatic rings. The molecule has 1 heterocycles. The van der Waals surface area contributed by atoms with Gasteiger partial charge in [0, 0.05) is 17.8 Å². The van der Waals surface area contributed by atoms with Crippen molar-refractivity contribution in [3.05, 3.63) is 20.8 Å². The van der Waals surface area contributed by atoms with Gasteiger partial charge in [0.1, 0.15) is 4.88 Å². The Bertz CT molecular complexity index is 412. The molecule has 0 spiro atoms. The van der Waals surface area contributed by atoms with Gasteiger partial charge in [-0.05, 0) is 30.7 Å². The van der Waals surface area contributed by atoms with E-state index >= 15 is 0 Å². The van der Waals surface area contributed by atoms with Crippen molar-refractivity contribution in [2.75, 3.05) is 12.4 Å². The minimum atomic E-state index is -0.0838. The maximum absolute atomic E-state index is 11.8. The molecular formula is C11H13Cl2NOS. The predicted octanol–water partition coefficient (Wildman–Crippen LogP) is 3.46. The molecule has 0 radical (unpaired) electrons. The monoisotopic (exact) mass is 277 g/mol. The van der Waals surface area contributed by atoms with E-state index in [1.165, 1.54) is 11.3 Å². The topological polar surface area (TPSA) is 29.1 Å². The summed E-state index contributed by atoms with van der Waals surface area (Å²) in [5.74, 6) is 0.532. The lowest BCUT2D eigenvalue weighted by molar-refractivity contribution is 0.0950. The standard InChI is InChI=1S/C11H13Cl2NOS/c1-7-4-16-9(8(7)13)10(15)14-6-11(5-12)2-3-11/h4H,2-3,5-6H2,1H3,(H,14,15). The third-order valence-corrected chi connectivity index (χ3v) is 5.23. The molecular weight excluding hydrogens is 265 g/mol. The van der Waals surface area contributed by atoms with E-state index in [9.17, 15) is 4.79 Å². The Morgan fingerprint density at radius 2 is 2.31 bits per heavy atom. The number of amides is 1.